The highest BCUT2D eigenvalue weighted by atomic mass is 32.2. The second-order valence-electron chi connectivity index (χ2n) is 8.53. The molecule has 176 valence electrons. The highest BCUT2D eigenvalue weighted by Crippen LogP contribution is 2.39. The summed E-state index contributed by atoms with van der Waals surface area (Å²) in [6.45, 7) is 1.76. The van der Waals surface area contributed by atoms with E-state index in [1.807, 2.05) is 0 Å². The maximum absolute atomic E-state index is 13.3. The molecule has 2 aliphatic rings. The number of fused-ring (bicyclic) bond motifs is 1. The summed E-state index contributed by atoms with van der Waals surface area (Å²) in [4.78, 5) is 27.0. The third-order valence-electron chi connectivity index (χ3n) is 6.47. The molecule has 1 aliphatic heterocycles. The van der Waals surface area contributed by atoms with Gasteiger partial charge in [0.1, 0.15) is 11.5 Å². The number of benzene rings is 2. The van der Waals surface area contributed by atoms with Crippen LogP contribution in [0.3, 0.4) is 0 Å². The molecule has 2 fully saturated rings. The van der Waals surface area contributed by atoms with Crippen LogP contribution in [0.25, 0.3) is 0 Å². The molecule has 0 spiro atoms. The molecule has 0 bridgehead atoms. The number of anilines is 1. The van der Waals surface area contributed by atoms with Crippen molar-refractivity contribution >= 4 is 27.5 Å². The Morgan fingerprint density at radius 2 is 1.64 bits per heavy atom. The Labute approximate surface area is 193 Å². The van der Waals surface area contributed by atoms with Gasteiger partial charge in [-0.15, -0.1) is 0 Å². The van der Waals surface area contributed by atoms with Crippen LogP contribution in [-0.4, -0.2) is 39.4 Å². The van der Waals surface area contributed by atoms with E-state index in [0.717, 1.165) is 25.7 Å². The molecule has 0 unspecified atom stereocenters. The van der Waals surface area contributed by atoms with Crippen LogP contribution < -0.4 is 14.2 Å². The van der Waals surface area contributed by atoms with Crippen LogP contribution in [0.4, 0.5) is 5.69 Å². The first-order valence-electron chi connectivity index (χ1n) is 10.9. The molecular weight excluding hydrogens is 444 g/mol. The Balaban J connectivity index is 1.61. The fourth-order valence-electron chi connectivity index (χ4n) is 4.70. The zero-order valence-electron chi connectivity index (χ0n) is 19.0. The van der Waals surface area contributed by atoms with Gasteiger partial charge in [-0.2, -0.15) is 0 Å². The molecule has 4 rings (SSSR count). The number of nitrogens with one attached hydrogen (secondary N) is 1. The van der Waals surface area contributed by atoms with Crippen molar-refractivity contribution in [1.29, 1.82) is 0 Å². The minimum Gasteiger partial charge on any atom is -0.497 e. The van der Waals surface area contributed by atoms with Gasteiger partial charge in [0.15, 0.2) is 0 Å². The van der Waals surface area contributed by atoms with Gasteiger partial charge in [0.05, 0.1) is 43.2 Å². The minimum atomic E-state index is -3.98. The van der Waals surface area contributed by atoms with Crippen LogP contribution in [0.15, 0.2) is 41.3 Å². The second-order valence-corrected chi connectivity index (χ2v) is 10.2. The first-order valence-corrected chi connectivity index (χ1v) is 12.4. The van der Waals surface area contributed by atoms with Gasteiger partial charge >= 0.3 is 0 Å². The monoisotopic (exact) mass is 472 g/mol. The minimum absolute atomic E-state index is 0.0654. The molecule has 2 aromatic carbocycles. The Morgan fingerprint density at radius 1 is 0.970 bits per heavy atom. The van der Waals surface area contributed by atoms with Gasteiger partial charge in [0.2, 0.25) is 11.8 Å². The van der Waals surface area contributed by atoms with Crippen molar-refractivity contribution in [3.05, 3.63) is 47.5 Å². The lowest BCUT2D eigenvalue weighted by Crippen LogP contribution is -2.30. The fourth-order valence-corrected chi connectivity index (χ4v) is 6.05. The number of methoxy groups -OCH3 is 2. The molecule has 1 saturated heterocycles. The molecule has 1 heterocycles. The number of amides is 2. The molecule has 1 N–H and O–H groups in total. The molecule has 2 aromatic rings. The van der Waals surface area contributed by atoms with E-state index in [2.05, 4.69) is 4.72 Å². The molecule has 2 atom stereocenters. The third kappa shape index (κ3) is 4.42. The lowest BCUT2D eigenvalue weighted by Gasteiger charge is -2.19. The number of nitrogens with zero attached hydrogens (tertiary/aromatic N) is 1. The number of rotatable bonds is 7. The maximum Gasteiger partial charge on any atom is 0.262 e. The molecule has 9 heteroatoms. The highest BCUT2D eigenvalue weighted by molar-refractivity contribution is 7.92. The molecule has 2 amide bonds. The predicted molar refractivity (Wildman–Crippen MR) is 123 cm³/mol. The van der Waals surface area contributed by atoms with Gasteiger partial charge in [-0.25, -0.2) is 8.42 Å². The number of sulfonamides is 1. The number of ether oxygens (including phenoxy) is 2. The molecule has 0 aromatic heterocycles. The zero-order valence-corrected chi connectivity index (χ0v) is 19.8. The van der Waals surface area contributed by atoms with Crippen LogP contribution in [0.1, 0.15) is 36.8 Å². The normalized spacial score (nSPS) is 20.5. The molecule has 1 aliphatic carbocycles. The van der Waals surface area contributed by atoms with Crippen LogP contribution in [-0.2, 0) is 26.2 Å². The standard InChI is InChI=1S/C24H28N2O6S/c1-15-8-9-16(14-26-23(27)18-6-4-5-7-19(18)24(26)28)12-22(15)33(29,30)25-20-13-17(31-2)10-11-21(20)32-3/h8-13,18-19,25H,4-7,14H2,1-3H3/t18-,19-/m0/s1. The topological polar surface area (TPSA) is 102 Å². The molecule has 1 saturated carbocycles. The average molecular weight is 473 g/mol. The number of aryl methyl sites for hydroxylation is 1. The van der Waals surface area contributed by atoms with E-state index in [4.69, 9.17) is 9.47 Å². The summed E-state index contributed by atoms with van der Waals surface area (Å²) in [6.07, 6.45) is 3.40. The smallest absolute Gasteiger partial charge is 0.262 e. The summed E-state index contributed by atoms with van der Waals surface area (Å²) in [6, 6.07) is 9.79. The molecule has 8 nitrogen and oxygen atoms in total. The van der Waals surface area contributed by atoms with Crippen molar-refractivity contribution in [3.63, 3.8) is 0 Å². The van der Waals surface area contributed by atoms with Crippen LogP contribution in [0.5, 0.6) is 11.5 Å². The summed E-state index contributed by atoms with van der Waals surface area (Å²) in [5.41, 5.74) is 1.37. The van der Waals surface area contributed by atoms with Crippen molar-refractivity contribution in [2.45, 2.75) is 44.0 Å². The number of hydrogen-bond donors (Lipinski definition) is 1. The number of hydrogen-bond acceptors (Lipinski definition) is 6. The average Bonchev–Trinajstić information content (AvgIpc) is 3.04. The van der Waals surface area contributed by atoms with Gasteiger partial charge in [0, 0.05) is 6.07 Å². The molecule has 33 heavy (non-hydrogen) atoms. The van der Waals surface area contributed by atoms with E-state index in [0.29, 0.717) is 22.6 Å². The second kappa shape index (κ2) is 9.05. The SMILES string of the molecule is COc1ccc(OC)c(NS(=O)(=O)c2cc(CN3C(=O)[C@H]4CCCC[C@@H]4C3=O)ccc2C)c1. The van der Waals surface area contributed by atoms with Crippen molar-refractivity contribution in [2.75, 3.05) is 18.9 Å². The number of carbonyl (C=O) groups is 2. The van der Waals surface area contributed by atoms with Gasteiger partial charge in [-0.05, 0) is 49.1 Å². The largest absolute Gasteiger partial charge is 0.497 e. The highest BCUT2D eigenvalue weighted by Gasteiger charge is 2.47. The Kier molecular flexibility index (Phi) is 6.34. The Morgan fingerprint density at radius 3 is 2.24 bits per heavy atom. The van der Waals surface area contributed by atoms with E-state index >= 15 is 0 Å². The summed E-state index contributed by atoms with van der Waals surface area (Å²) in [5.74, 6) is 0.0718. The first kappa shape index (κ1) is 23.1. The lowest BCUT2D eigenvalue weighted by molar-refractivity contribution is -0.140. The van der Waals surface area contributed by atoms with Gasteiger partial charge < -0.3 is 9.47 Å². The Bertz CT molecular complexity index is 1170. The van der Waals surface area contributed by atoms with Gasteiger partial charge in [-0.1, -0.05) is 25.0 Å². The number of likely N-dealkylation sites (tertiary alicyclic amines) is 1. The van der Waals surface area contributed by atoms with E-state index in [1.165, 1.54) is 25.2 Å². The van der Waals surface area contributed by atoms with Gasteiger partial charge in [0.25, 0.3) is 10.0 Å². The quantitative estimate of drug-likeness (QED) is 0.619. The van der Waals surface area contributed by atoms with E-state index in [-0.39, 0.29) is 40.8 Å². The van der Waals surface area contributed by atoms with Gasteiger partial charge in [-0.3, -0.25) is 19.2 Å². The fraction of sp³-hybridized carbons (Fsp3) is 0.417. The summed E-state index contributed by atoms with van der Waals surface area (Å²) in [5, 5.41) is 0. The van der Waals surface area contributed by atoms with Crippen LogP contribution >= 0.6 is 0 Å². The van der Waals surface area contributed by atoms with Crippen molar-refractivity contribution < 1.29 is 27.5 Å². The van der Waals surface area contributed by atoms with E-state index in [1.54, 1.807) is 37.3 Å². The predicted octanol–water partition coefficient (Wildman–Crippen LogP) is 3.49. The van der Waals surface area contributed by atoms with E-state index < -0.39 is 10.0 Å². The van der Waals surface area contributed by atoms with Crippen molar-refractivity contribution in [2.24, 2.45) is 11.8 Å². The summed E-state index contributed by atoms with van der Waals surface area (Å²) >= 11 is 0. The van der Waals surface area contributed by atoms with Crippen LogP contribution in [0.2, 0.25) is 0 Å². The zero-order chi connectivity index (χ0) is 23.8. The van der Waals surface area contributed by atoms with Crippen molar-refractivity contribution in [3.8, 4) is 11.5 Å². The summed E-state index contributed by atoms with van der Waals surface area (Å²) < 4.78 is 39.6. The van der Waals surface area contributed by atoms with E-state index in [9.17, 15) is 18.0 Å². The first-order chi connectivity index (χ1) is 15.7. The Hall–Kier alpha value is -3.07. The third-order valence-corrected chi connectivity index (χ3v) is 7.97. The maximum atomic E-state index is 13.3. The lowest BCUT2D eigenvalue weighted by atomic mass is 9.81. The molecular formula is C24H28N2O6S. The number of carbonyl (C=O) groups excluding carboxylic acids is 2. The van der Waals surface area contributed by atoms with Crippen molar-refractivity contribution in [1.82, 2.24) is 4.90 Å². The molecule has 0 radical (unpaired) electrons. The summed E-state index contributed by atoms with van der Waals surface area (Å²) in [7, 11) is -1.04. The number of imide groups is 1. The van der Waals surface area contributed by atoms with Crippen LogP contribution in [0, 0.1) is 18.8 Å².